The van der Waals surface area contributed by atoms with Crippen LogP contribution in [0.25, 0.3) is 11.1 Å². The summed E-state index contributed by atoms with van der Waals surface area (Å²) in [6.45, 7) is 0. The van der Waals surface area contributed by atoms with Crippen LogP contribution in [0.3, 0.4) is 0 Å². The standard InChI is InChI=1S/C16H13FO4/c1-19-12-7-11-13(16(21-3)15(12)20-2)9-5-4-8(17)6-10(9)14(11)18/h4-7H,1-3H3. The van der Waals surface area contributed by atoms with Crippen LogP contribution in [0.1, 0.15) is 15.9 Å². The van der Waals surface area contributed by atoms with Gasteiger partial charge in [0, 0.05) is 16.7 Å². The smallest absolute Gasteiger partial charge is 0.203 e. The van der Waals surface area contributed by atoms with Crippen LogP contribution in [0.15, 0.2) is 24.3 Å². The number of ketones is 1. The van der Waals surface area contributed by atoms with Crippen molar-refractivity contribution in [2.45, 2.75) is 0 Å². The molecule has 21 heavy (non-hydrogen) atoms. The minimum Gasteiger partial charge on any atom is -0.493 e. The lowest BCUT2D eigenvalue weighted by Gasteiger charge is -2.15. The molecule has 0 spiro atoms. The van der Waals surface area contributed by atoms with Crippen LogP contribution in [0, 0.1) is 5.82 Å². The van der Waals surface area contributed by atoms with Crippen molar-refractivity contribution < 1.29 is 23.4 Å². The molecule has 0 bridgehead atoms. The molecule has 0 N–H and O–H groups in total. The number of hydrogen-bond acceptors (Lipinski definition) is 4. The minimum absolute atomic E-state index is 0.251. The second-order valence-corrected chi connectivity index (χ2v) is 4.59. The van der Waals surface area contributed by atoms with Crippen molar-refractivity contribution in [1.29, 1.82) is 0 Å². The van der Waals surface area contributed by atoms with E-state index in [1.165, 1.54) is 33.5 Å². The maximum absolute atomic E-state index is 13.4. The van der Waals surface area contributed by atoms with Gasteiger partial charge in [0.1, 0.15) is 5.82 Å². The largest absolute Gasteiger partial charge is 0.493 e. The summed E-state index contributed by atoms with van der Waals surface area (Å²) < 4.78 is 29.4. The molecule has 0 atom stereocenters. The van der Waals surface area contributed by atoms with Gasteiger partial charge in [-0.2, -0.15) is 0 Å². The van der Waals surface area contributed by atoms with Gasteiger partial charge in [-0.05, 0) is 23.8 Å². The first kappa shape index (κ1) is 13.4. The maximum atomic E-state index is 13.4. The van der Waals surface area contributed by atoms with Gasteiger partial charge in [0.2, 0.25) is 5.75 Å². The molecule has 0 fully saturated rings. The van der Waals surface area contributed by atoms with Gasteiger partial charge in [-0.15, -0.1) is 0 Å². The molecule has 0 aliphatic heterocycles. The van der Waals surface area contributed by atoms with E-state index in [1.54, 1.807) is 12.1 Å². The summed E-state index contributed by atoms with van der Waals surface area (Å²) in [4.78, 5) is 12.5. The van der Waals surface area contributed by atoms with E-state index in [1.807, 2.05) is 0 Å². The Labute approximate surface area is 121 Å². The first-order valence-electron chi connectivity index (χ1n) is 6.30. The van der Waals surface area contributed by atoms with Crippen LogP contribution in [0.4, 0.5) is 4.39 Å². The van der Waals surface area contributed by atoms with E-state index in [2.05, 4.69) is 0 Å². The third-order valence-corrected chi connectivity index (χ3v) is 3.57. The molecule has 0 aromatic heterocycles. The molecular weight excluding hydrogens is 275 g/mol. The third-order valence-electron chi connectivity index (χ3n) is 3.57. The van der Waals surface area contributed by atoms with E-state index in [4.69, 9.17) is 14.2 Å². The van der Waals surface area contributed by atoms with Crippen molar-refractivity contribution in [3.63, 3.8) is 0 Å². The zero-order valence-corrected chi connectivity index (χ0v) is 11.8. The Morgan fingerprint density at radius 2 is 1.57 bits per heavy atom. The molecule has 0 saturated heterocycles. The highest BCUT2D eigenvalue weighted by molar-refractivity contribution is 6.23. The lowest BCUT2D eigenvalue weighted by molar-refractivity contribution is 0.104. The third kappa shape index (κ3) is 1.77. The average molecular weight is 288 g/mol. The topological polar surface area (TPSA) is 44.8 Å². The highest BCUT2D eigenvalue weighted by atomic mass is 19.1. The molecule has 1 aliphatic rings. The summed E-state index contributed by atoms with van der Waals surface area (Å²) in [6.07, 6.45) is 0. The van der Waals surface area contributed by atoms with Gasteiger partial charge in [0.15, 0.2) is 17.3 Å². The SMILES string of the molecule is COc1cc2c(c(OC)c1OC)-c1ccc(F)cc1C2=O. The van der Waals surface area contributed by atoms with Crippen molar-refractivity contribution in [1.82, 2.24) is 0 Å². The molecular formula is C16H13FO4. The highest BCUT2D eigenvalue weighted by Crippen LogP contribution is 2.51. The predicted octanol–water partition coefficient (Wildman–Crippen LogP) is 3.06. The van der Waals surface area contributed by atoms with Crippen molar-refractivity contribution >= 4 is 5.78 Å². The van der Waals surface area contributed by atoms with E-state index in [-0.39, 0.29) is 5.78 Å². The fourth-order valence-electron chi connectivity index (χ4n) is 2.67. The molecule has 0 saturated carbocycles. The predicted molar refractivity (Wildman–Crippen MR) is 74.9 cm³/mol. The number of fused-ring (bicyclic) bond motifs is 3. The minimum atomic E-state index is -0.451. The summed E-state index contributed by atoms with van der Waals surface area (Å²) in [5.74, 6) is 0.510. The number of hydrogen-bond donors (Lipinski definition) is 0. The van der Waals surface area contributed by atoms with Gasteiger partial charge < -0.3 is 14.2 Å². The number of carbonyl (C=O) groups is 1. The fraction of sp³-hybridized carbons (Fsp3) is 0.188. The number of benzene rings is 2. The summed E-state index contributed by atoms with van der Waals surface area (Å²) in [6, 6.07) is 5.72. The molecule has 0 unspecified atom stereocenters. The quantitative estimate of drug-likeness (QED) is 0.743. The molecule has 0 amide bonds. The molecule has 1 aliphatic carbocycles. The van der Waals surface area contributed by atoms with Gasteiger partial charge in [-0.3, -0.25) is 4.79 Å². The Bertz CT molecular complexity index is 752. The van der Waals surface area contributed by atoms with E-state index >= 15 is 0 Å². The monoisotopic (exact) mass is 288 g/mol. The molecule has 2 aromatic carbocycles. The van der Waals surface area contributed by atoms with E-state index in [0.29, 0.717) is 39.5 Å². The summed E-state index contributed by atoms with van der Waals surface area (Å²) in [5.41, 5.74) is 1.98. The van der Waals surface area contributed by atoms with Crippen molar-refractivity contribution in [3.8, 4) is 28.4 Å². The van der Waals surface area contributed by atoms with E-state index in [0.717, 1.165) is 0 Å². The maximum Gasteiger partial charge on any atom is 0.203 e. The van der Waals surface area contributed by atoms with Gasteiger partial charge in [0.25, 0.3) is 0 Å². The van der Waals surface area contributed by atoms with Crippen molar-refractivity contribution in [2.75, 3.05) is 21.3 Å². The lowest BCUT2D eigenvalue weighted by Crippen LogP contribution is -2.00. The number of halogens is 1. The van der Waals surface area contributed by atoms with Crippen LogP contribution in [0.5, 0.6) is 17.2 Å². The Balaban J connectivity index is 2.38. The lowest BCUT2D eigenvalue weighted by atomic mass is 10.0. The number of carbonyl (C=O) groups excluding carboxylic acids is 1. The Morgan fingerprint density at radius 3 is 2.19 bits per heavy atom. The van der Waals surface area contributed by atoms with E-state index in [9.17, 15) is 9.18 Å². The van der Waals surface area contributed by atoms with Crippen LogP contribution in [-0.4, -0.2) is 27.1 Å². The second-order valence-electron chi connectivity index (χ2n) is 4.59. The van der Waals surface area contributed by atoms with Gasteiger partial charge >= 0.3 is 0 Å². The van der Waals surface area contributed by atoms with Gasteiger partial charge in [0.05, 0.1) is 21.3 Å². The fourth-order valence-corrected chi connectivity index (χ4v) is 2.67. The normalized spacial score (nSPS) is 11.9. The molecule has 4 nitrogen and oxygen atoms in total. The van der Waals surface area contributed by atoms with Crippen LogP contribution >= 0.6 is 0 Å². The van der Waals surface area contributed by atoms with Gasteiger partial charge in [-0.1, -0.05) is 6.07 Å². The first-order valence-corrected chi connectivity index (χ1v) is 6.30. The summed E-state index contributed by atoms with van der Waals surface area (Å²) in [5, 5.41) is 0. The Hall–Kier alpha value is -2.56. The first-order chi connectivity index (χ1) is 10.1. The van der Waals surface area contributed by atoms with Crippen LogP contribution in [0.2, 0.25) is 0 Å². The van der Waals surface area contributed by atoms with Crippen LogP contribution in [-0.2, 0) is 0 Å². The van der Waals surface area contributed by atoms with Gasteiger partial charge in [-0.25, -0.2) is 4.39 Å². The number of rotatable bonds is 3. The molecule has 108 valence electrons. The highest BCUT2D eigenvalue weighted by Gasteiger charge is 2.33. The summed E-state index contributed by atoms with van der Waals surface area (Å²) >= 11 is 0. The molecule has 0 heterocycles. The average Bonchev–Trinajstić information content (AvgIpc) is 2.77. The van der Waals surface area contributed by atoms with E-state index < -0.39 is 5.82 Å². The number of methoxy groups -OCH3 is 3. The number of ether oxygens (including phenoxy) is 3. The molecule has 2 aromatic rings. The Morgan fingerprint density at radius 1 is 0.857 bits per heavy atom. The molecule has 3 rings (SSSR count). The second kappa shape index (κ2) is 4.77. The zero-order chi connectivity index (χ0) is 15.1. The Kier molecular flexibility index (Phi) is 3.05. The van der Waals surface area contributed by atoms with Crippen LogP contribution < -0.4 is 14.2 Å². The molecule has 0 radical (unpaired) electrons. The van der Waals surface area contributed by atoms with Crippen molar-refractivity contribution in [2.24, 2.45) is 0 Å². The summed E-state index contributed by atoms with van der Waals surface area (Å²) in [7, 11) is 4.47. The zero-order valence-electron chi connectivity index (χ0n) is 11.8. The van der Waals surface area contributed by atoms with Crippen molar-refractivity contribution in [3.05, 3.63) is 41.2 Å². The molecule has 5 heteroatoms.